The van der Waals surface area contributed by atoms with Gasteiger partial charge in [-0.1, -0.05) is 0 Å². The number of nitrogens with two attached hydrogens (primary N) is 2. The smallest absolute Gasteiger partial charge is 0.328 e. The van der Waals surface area contributed by atoms with Gasteiger partial charge in [-0.3, -0.25) is 14.4 Å². The van der Waals surface area contributed by atoms with Crippen LogP contribution in [-0.4, -0.2) is 81.2 Å². The topological polar surface area (TPSA) is 226 Å². The minimum Gasteiger partial charge on any atom is -0.480 e. The Morgan fingerprint density at radius 2 is 1.77 bits per heavy atom. The van der Waals surface area contributed by atoms with E-state index in [2.05, 4.69) is 25.9 Å². The first-order valence-electron chi connectivity index (χ1n) is 9.87. The van der Waals surface area contributed by atoms with Gasteiger partial charge in [-0.05, 0) is 32.7 Å². The van der Waals surface area contributed by atoms with E-state index in [-0.39, 0.29) is 12.8 Å². The lowest BCUT2D eigenvalue weighted by Gasteiger charge is -2.23. The largest absolute Gasteiger partial charge is 0.480 e. The van der Waals surface area contributed by atoms with Crippen LogP contribution in [0.1, 0.15) is 31.9 Å². The number of imidazole rings is 1. The Morgan fingerprint density at radius 3 is 2.32 bits per heavy atom. The van der Waals surface area contributed by atoms with Crippen molar-refractivity contribution < 1.29 is 29.4 Å². The van der Waals surface area contributed by atoms with Crippen LogP contribution >= 0.6 is 0 Å². The summed E-state index contributed by atoms with van der Waals surface area (Å²) in [6, 6.07) is -4.48. The van der Waals surface area contributed by atoms with E-state index in [4.69, 9.17) is 21.7 Å². The van der Waals surface area contributed by atoms with Gasteiger partial charge in [0.15, 0.2) is 0 Å². The number of carboxylic acids is 1. The van der Waals surface area contributed by atoms with E-state index in [9.17, 15) is 19.2 Å². The lowest BCUT2D eigenvalue weighted by Crippen LogP contribution is -2.56. The SMILES string of the molecule is CC(NC(=O)C(CCCCN)NC(=O)C(N)Cc1cnc[nH]1)C(=O)NC(CO)C(=O)O. The van der Waals surface area contributed by atoms with Crippen molar-refractivity contribution in [2.24, 2.45) is 11.5 Å². The van der Waals surface area contributed by atoms with E-state index >= 15 is 0 Å². The molecule has 3 amide bonds. The summed E-state index contributed by atoms with van der Waals surface area (Å²) in [5.41, 5.74) is 12.0. The number of carboxylic acid groups (broad SMARTS) is 1. The number of nitrogens with one attached hydrogen (secondary N) is 4. The third-order valence-electron chi connectivity index (χ3n) is 4.46. The summed E-state index contributed by atoms with van der Waals surface area (Å²) in [5, 5.41) is 25.0. The number of rotatable bonds is 14. The second-order valence-corrected chi connectivity index (χ2v) is 7.05. The van der Waals surface area contributed by atoms with Gasteiger partial charge in [0.2, 0.25) is 17.7 Å². The van der Waals surface area contributed by atoms with Gasteiger partial charge in [0, 0.05) is 18.3 Å². The molecule has 0 radical (unpaired) electrons. The van der Waals surface area contributed by atoms with Crippen molar-refractivity contribution in [2.45, 2.75) is 56.8 Å². The molecule has 13 nitrogen and oxygen atoms in total. The van der Waals surface area contributed by atoms with Crippen LogP contribution < -0.4 is 27.4 Å². The molecule has 0 aliphatic heterocycles. The molecule has 4 unspecified atom stereocenters. The zero-order valence-electron chi connectivity index (χ0n) is 17.3. The predicted octanol–water partition coefficient (Wildman–Crippen LogP) is -3.04. The number of H-pyrrole nitrogens is 1. The van der Waals surface area contributed by atoms with Gasteiger partial charge in [0.25, 0.3) is 0 Å². The Labute approximate surface area is 179 Å². The number of aliphatic hydroxyl groups excluding tert-OH is 1. The number of hydrogen-bond donors (Lipinski definition) is 8. The number of unbranched alkanes of at least 4 members (excludes halogenated alkanes) is 1. The highest BCUT2D eigenvalue weighted by molar-refractivity contribution is 5.93. The van der Waals surface area contributed by atoms with Crippen LogP contribution in [0, 0.1) is 0 Å². The Hall–Kier alpha value is -3.03. The average Bonchev–Trinajstić information content (AvgIpc) is 3.23. The van der Waals surface area contributed by atoms with Crippen LogP contribution in [0.4, 0.5) is 0 Å². The zero-order chi connectivity index (χ0) is 23.4. The molecule has 1 heterocycles. The van der Waals surface area contributed by atoms with E-state index in [1.54, 1.807) is 0 Å². The molecule has 0 saturated carbocycles. The Balaban J connectivity index is 2.72. The Morgan fingerprint density at radius 1 is 1.10 bits per heavy atom. The highest BCUT2D eigenvalue weighted by Gasteiger charge is 2.28. The lowest BCUT2D eigenvalue weighted by molar-refractivity contribution is -0.143. The first kappa shape index (κ1) is 26.0. The first-order chi connectivity index (χ1) is 14.7. The van der Waals surface area contributed by atoms with Crippen LogP contribution in [0.3, 0.4) is 0 Å². The molecule has 0 aliphatic rings. The molecule has 1 aromatic rings. The molecule has 10 N–H and O–H groups in total. The van der Waals surface area contributed by atoms with Crippen molar-refractivity contribution in [1.29, 1.82) is 0 Å². The lowest BCUT2D eigenvalue weighted by atomic mass is 10.1. The summed E-state index contributed by atoms with van der Waals surface area (Å²) in [5.74, 6) is -3.38. The van der Waals surface area contributed by atoms with Crippen molar-refractivity contribution in [3.8, 4) is 0 Å². The first-order valence-corrected chi connectivity index (χ1v) is 9.87. The van der Waals surface area contributed by atoms with Gasteiger partial charge in [-0.25, -0.2) is 9.78 Å². The number of aliphatic hydroxyl groups is 1. The predicted molar refractivity (Wildman–Crippen MR) is 109 cm³/mol. The monoisotopic (exact) mass is 441 g/mol. The number of hydrogen-bond acceptors (Lipinski definition) is 8. The second kappa shape index (κ2) is 13.3. The van der Waals surface area contributed by atoms with Crippen LogP contribution in [-0.2, 0) is 25.6 Å². The summed E-state index contributed by atoms with van der Waals surface area (Å²) < 4.78 is 0. The van der Waals surface area contributed by atoms with E-state index < -0.39 is 54.5 Å². The maximum absolute atomic E-state index is 12.7. The van der Waals surface area contributed by atoms with E-state index in [1.807, 2.05) is 0 Å². The fourth-order valence-corrected chi connectivity index (χ4v) is 2.63. The fourth-order valence-electron chi connectivity index (χ4n) is 2.63. The molecule has 31 heavy (non-hydrogen) atoms. The van der Waals surface area contributed by atoms with Gasteiger partial charge in [0.1, 0.15) is 18.1 Å². The average molecular weight is 441 g/mol. The fraction of sp³-hybridized carbons (Fsp3) is 0.611. The molecule has 0 fully saturated rings. The maximum Gasteiger partial charge on any atom is 0.328 e. The number of carbonyl (C=O) groups is 4. The molecule has 0 aromatic carbocycles. The molecular formula is C18H31N7O6. The summed E-state index contributed by atoms with van der Waals surface area (Å²) >= 11 is 0. The quantitative estimate of drug-likeness (QED) is 0.137. The van der Waals surface area contributed by atoms with Crippen LogP contribution in [0.25, 0.3) is 0 Å². The summed E-state index contributed by atoms with van der Waals surface area (Å²) in [4.78, 5) is 54.8. The highest BCUT2D eigenvalue weighted by Crippen LogP contribution is 2.04. The third-order valence-corrected chi connectivity index (χ3v) is 4.46. The van der Waals surface area contributed by atoms with Crippen LogP contribution in [0.2, 0.25) is 0 Å². The normalized spacial score (nSPS) is 14.7. The van der Waals surface area contributed by atoms with Crippen molar-refractivity contribution in [1.82, 2.24) is 25.9 Å². The van der Waals surface area contributed by atoms with Crippen molar-refractivity contribution in [2.75, 3.05) is 13.2 Å². The minimum absolute atomic E-state index is 0.194. The van der Waals surface area contributed by atoms with E-state index in [1.165, 1.54) is 19.4 Å². The van der Waals surface area contributed by atoms with Gasteiger partial charge in [-0.2, -0.15) is 0 Å². The molecule has 0 bridgehead atoms. The Bertz CT molecular complexity index is 727. The minimum atomic E-state index is -1.49. The molecular weight excluding hydrogens is 410 g/mol. The van der Waals surface area contributed by atoms with Gasteiger partial charge < -0.3 is 42.6 Å². The number of carbonyl (C=O) groups excluding carboxylic acids is 3. The number of aromatic nitrogens is 2. The molecule has 174 valence electrons. The van der Waals surface area contributed by atoms with Crippen LogP contribution in [0.15, 0.2) is 12.5 Å². The van der Waals surface area contributed by atoms with Crippen molar-refractivity contribution in [3.63, 3.8) is 0 Å². The zero-order valence-corrected chi connectivity index (χ0v) is 17.3. The molecule has 4 atom stereocenters. The molecule has 0 spiro atoms. The third kappa shape index (κ3) is 9.11. The van der Waals surface area contributed by atoms with Crippen LogP contribution in [0.5, 0.6) is 0 Å². The molecule has 0 aliphatic carbocycles. The van der Waals surface area contributed by atoms with Gasteiger partial charge >= 0.3 is 5.97 Å². The van der Waals surface area contributed by atoms with Crippen molar-refractivity contribution >= 4 is 23.7 Å². The van der Waals surface area contributed by atoms with E-state index in [0.29, 0.717) is 25.1 Å². The van der Waals surface area contributed by atoms with Gasteiger partial charge in [0.05, 0.1) is 19.0 Å². The molecule has 13 heteroatoms. The molecule has 1 aromatic heterocycles. The second-order valence-electron chi connectivity index (χ2n) is 7.05. The number of aliphatic carboxylic acids is 1. The summed E-state index contributed by atoms with van der Waals surface area (Å²) in [7, 11) is 0. The molecule has 0 saturated heterocycles. The standard InChI is InChI=1S/C18H31N7O6/c1-10(15(27)25-14(8-26)18(30)31)23-17(29)13(4-2-3-5-19)24-16(28)12(20)6-11-7-21-9-22-11/h7,9-10,12-14,26H,2-6,8,19-20H2,1H3,(H,21,22)(H,23,29)(H,24,28)(H,25,27)(H,30,31). The van der Waals surface area contributed by atoms with Gasteiger partial charge in [-0.15, -0.1) is 0 Å². The Kier molecular flexibility index (Phi) is 11.2. The van der Waals surface area contributed by atoms with Crippen molar-refractivity contribution in [3.05, 3.63) is 18.2 Å². The summed E-state index contributed by atoms with van der Waals surface area (Å²) in [6.45, 7) is 0.970. The number of aromatic amines is 1. The number of nitrogens with zero attached hydrogens (tertiary/aromatic N) is 1. The number of amides is 3. The van der Waals surface area contributed by atoms with E-state index in [0.717, 1.165) is 0 Å². The molecule has 1 rings (SSSR count). The summed E-state index contributed by atoms with van der Waals surface area (Å²) in [6.07, 6.45) is 4.65. The highest BCUT2D eigenvalue weighted by atomic mass is 16.4. The maximum atomic E-state index is 12.7.